The molecule has 1 aromatic carbocycles. The van der Waals surface area contributed by atoms with E-state index < -0.39 is 11.6 Å². The third kappa shape index (κ3) is 1.92. The van der Waals surface area contributed by atoms with E-state index in [4.69, 9.17) is 0 Å². The van der Waals surface area contributed by atoms with Crippen LogP contribution in [0, 0.1) is 0 Å². The monoisotopic (exact) mass is 323 g/mol. The molecule has 24 heavy (non-hydrogen) atoms. The molecule has 1 aliphatic carbocycles. The summed E-state index contributed by atoms with van der Waals surface area (Å²) in [6.45, 7) is -0.244. The number of benzene rings is 1. The Balaban J connectivity index is 1.64. The molecular formula is C18H17N3O3. The first-order valence-electron chi connectivity index (χ1n) is 7.90. The van der Waals surface area contributed by atoms with Gasteiger partial charge in [0.05, 0.1) is 12.2 Å². The quantitative estimate of drug-likeness (QED) is 0.689. The summed E-state index contributed by atoms with van der Waals surface area (Å²) in [5.41, 5.74) is 1.38. The maximum absolute atomic E-state index is 13.0. The van der Waals surface area contributed by atoms with Crippen molar-refractivity contribution < 1.29 is 14.4 Å². The second-order valence-corrected chi connectivity index (χ2v) is 6.31. The summed E-state index contributed by atoms with van der Waals surface area (Å²) in [5.74, 6) is -0.589. The van der Waals surface area contributed by atoms with Gasteiger partial charge in [0.2, 0.25) is 0 Å². The van der Waals surface area contributed by atoms with Gasteiger partial charge < -0.3 is 9.88 Å². The van der Waals surface area contributed by atoms with Crippen LogP contribution >= 0.6 is 0 Å². The van der Waals surface area contributed by atoms with Crippen LogP contribution in [0.15, 0.2) is 42.6 Å². The van der Waals surface area contributed by atoms with E-state index in [-0.39, 0.29) is 18.2 Å². The van der Waals surface area contributed by atoms with Crippen LogP contribution in [0.25, 0.3) is 0 Å². The van der Waals surface area contributed by atoms with Crippen LogP contribution in [0.5, 0.6) is 0 Å². The number of nitrogens with one attached hydrogen (secondary N) is 1. The number of hydrogen-bond acceptors (Lipinski definition) is 3. The van der Waals surface area contributed by atoms with Crippen LogP contribution in [-0.4, -0.2) is 33.7 Å². The molecule has 1 aliphatic heterocycles. The number of fused-ring (bicyclic) bond motifs is 2. The Hall–Kier alpha value is -2.89. The Kier molecular flexibility index (Phi) is 3.09. The summed E-state index contributed by atoms with van der Waals surface area (Å²) in [6.07, 6.45) is 3.03. The van der Waals surface area contributed by atoms with Gasteiger partial charge in [-0.2, -0.15) is 0 Å². The summed E-state index contributed by atoms with van der Waals surface area (Å²) in [7, 11) is 1.76. The fourth-order valence-electron chi connectivity index (χ4n) is 3.71. The number of aromatic nitrogens is 1. The van der Waals surface area contributed by atoms with Gasteiger partial charge in [-0.25, -0.2) is 4.79 Å². The number of rotatable bonds is 3. The SMILES string of the molecule is Cn1cccc1C(=O)CN1C(=O)N[C@@]2(CCc3ccccc32)C1=O. The lowest BCUT2D eigenvalue weighted by Gasteiger charge is -2.22. The van der Waals surface area contributed by atoms with Gasteiger partial charge in [0.25, 0.3) is 5.91 Å². The van der Waals surface area contributed by atoms with Crippen molar-refractivity contribution in [3.63, 3.8) is 0 Å². The van der Waals surface area contributed by atoms with Crippen molar-refractivity contribution in [3.8, 4) is 0 Å². The number of Topliss-reactive ketones (excluding diaryl/α,β-unsaturated/α-hetero) is 1. The van der Waals surface area contributed by atoms with Gasteiger partial charge in [0, 0.05) is 13.2 Å². The topological polar surface area (TPSA) is 71.4 Å². The Morgan fingerprint density at radius 3 is 2.75 bits per heavy atom. The largest absolute Gasteiger partial charge is 0.348 e. The fourth-order valence-corrected chi connectivity index (χ4v) is 3.71. The van der Waals surface area contributed by atoms with Crippen LogP contribution in [0.1, 0.15) is 28.0 Å². The molecule has 1 saturated heterocycles. The van der Waals surface area contributed by atoms with Crippen LogP contribution in [0.2, 0.25) is 0 Å². The van der Waals surface area contributed by atoms with Gasteiger partial charge in [0.15, 0.2) is 5.78 Å². The molecule has 0 unspecified atom stereocenters. The van der Waals surface area contributed by atoms with E-state index in [9.17, 15) is 14.4 Å². The number of aryl methyl sites for hydroxylation is 2. The molecule has 1 fully saturated rings. The second kappa shape index (κ2) is 5.06. The van der Waals surface area contributed by atoms with E-state index in [2.05, 4.69) is 5.32 Å². The zero-order valence-corrected chi connectivity index (χ0v) is 13.3. The van der Waals surface area contributed by atoms with Crippen molar-refractivity contribution in [2.75, 3.05) is 6.54 Å². The van der Waals surface area contributed by atoms with Crippen molar-refractivity contribution in [2.24, 2.45) is 7.05 Å². The average Bonchev–Trinajstić information content (AvgIpc) is 3.22. The van der Waals surface area contributed by atoms with Gasteiger partial charge in [0.1, 0.15) is 5.54 Å². The van der Waals surface area contributed by atoms with Crippen molar-refractivity contribution in [2.45, 2.75) is 18.4 Å². The van der Waals surface area contributed by atoms with Gasteiger partial charge in [-0.05, 0) is 36.1 Å². The van der Waals surface area contributed by atoms with E-state index in [0.29, 0.717) is 12.1 Å². The van der Waals surface area contributed by atoms with Crippen LogP contribution in [-0.2, 0) is 23.8 Å². The highest BCUT2D eigenvalue weighted by Crippen LogP contribution is 2.41. The smallest absolute Gasteiger partial charge is 0.325 e. The Morgan fingerprint density at radius 1 is 1.21 bits per heavy atom. The summed E-state index contributed by atoms with van der Waals surface area (Å²) < 4.78 is 1.68. The van der Waals surface area contributed by atoms with E-state index in [1.807, 2.05) is 24.3 Å². The lowest BCUT2D eigenvalue weighted by Crippen LogP contribution is -2.42. The molecule has 0 bridgehead atoms. The lowest BCUT2D eigenvalue weighted by molar-refractivity contribution is -0.131. The Morgan fingerprint density at radius 2 is 2.00 bits per heavy atom. The predicted octanol–water partition coefficient (Wildman–Crippen LogP) is 1.60. The number of nitrogens with zero attached hydrogens (tertiary/aromatic N) is 2. The maximum atomic E-state index is 13.0. The highest BCUT2D eigenvalue weighted by Gasteiger charge is 2.55. The second-order valence-electron chi connectivity index (χ2n) is 6.31. The maximum Gasteiger partial charge on any atom is 0.325 e. The first-order valence-corrected chi connectivity index (χ1v) is 7.90. The van der Waals surface area contributed by atoms with E-state index in [1.54, 1.807) is 29.9 Å². The predicted molar refractivity (Wildman–Crippen MR) is 86.4 cm³/mol. The summed E-state index contributed by atoms with van der Waals surface area (Å²) in [5, 5.41) is 2.83. The molecule has 1 aromatic heterocycles. The first-order chi connectivity index (χ1) is 11.5. The van der Waals surface area contributed by atoms with Crippen molar-refractivity contribution in [3.05, 3.63) is 59.4 Å². The molecule has 1 N–H and O–H groups in total. The van der Waals surface area contributed by atoms with Crippen LogP contribution in [0.3, 0.4) is 0 Å². The number of hydrogen-bond donors (Lipinski definition) is 1. The van der Waals surface area contributed by atoms with Crippen molar-refractivity contribution in [1.29, 1.82) is 0 Å². The molecular weight excluding hydrogens is 306 g/mol. The molecule has 1 atom stereocenters. The number of urea groups is 1. The van der Waals surface area contributed by atoms with Gasteiger partial charge in [-0.1, -0.05) is 24.3 Å². The Labute approximate surface area is 139 Å². The minimum Gasteiger partial charge on any atom is -0.348 e. The van der Waals surface area contributed by atoms with Crippen LogP contribution in [0.4, 0.5) is 4.79 Å². The average molecular weight is 323 g/mol. The fraction of sp³-hybridized carbons (Fsp3) is 0.278. The standard InChI is InChI=1S/C18H17N3O3/c1-20-10-4-7-14(20)15(22)11-21-16(23)18(19-17(21)24)9-8-12-5-2-3-6-13(12)18/h2-7,10H,8-9,11H2,1H3,(H,19,24)/t18-/m1/s1. The minimum absolute atomic E-state index is 0.244. The van der Waals surface area contributed by atoms with Crippen LogP contribution < -0.4 is 5.32 Å². The molecule has 2 heterocycles. The van der Waals surface area contributed by atoms with Gasteiger partial charge in [-0.3, -0.25) is 14.5 Å². The van der Waals surface area contributed by atoms with E-state index in [0.717, 1.165) is 22.4 Å². The number of carbonyl (C=O) groups is 3. The molecule has 0 radical (unpaired) electrons. The third-order valence-corrected chi connectivity index (χ3v) is 4.95. The number of ketones is 1. The highest BCUT2D eigenvalue weighted by atomic mass is 16.2. The normalized spacial score (nSPS) is 22.1. The minimum atomic E-state index is -1.01. The highest BCUT2D eigenvalue weighted by molar-refractivity contribution is 6.11. The van der Waals surface area contributed by atoms with E-state index in [1.165, 1.54) is 0 Å². The first kappa shape index (κ1) is 14.7. The van der Waals surface area contributed by atoms with Crippen molar-refractivity contribution >= 4 is 17.7 Å². The van der Waals surface area contributed by atoms with Gasteiger partial charge >= 0.3 is 6.03 Å². The molecule has 122 valence electrons. The molecule has 6 heteroatoms. The molecule has 2 aliphatic rings. The van der Waals surface area contributed by atoms with Crippen molar-refractivity contribution in [1.82, 2.24) is 14.8 Å². The Bertz CT molecular complexity index is 870. The summed E-state index contributed by atoms with van der Waals surface area (Å²) in [4.78, 5) is 38.8. The molecule has 4 rings (SSSR count). The molecule has 1 spiro atoms. The van der Waals surface area contributed by atoms with E-state index >= 15 is 0 Å². The number of amides is 3. The molecule has 3 amide bonds. The summed E-state index contributed by atoms with van der Waals surface area (Å²) in [6, 6.07) is 10.6. The molecule has 6 nitrogen and oxygen atoms in total. The number of imide groups is 1. The zero-order chi connectivity index (χ0) is 16.9. The zero-order valence-electron chi connectivity index (χ0n) is 13.3. The van der Waals surface area contributed by atoms with Gasteiger partial charge in [-0.15, -0.1) is 0 Å². The molecule has 2 aromatic rings. The lowest BCUT2D eigenvalue weighted by atomic mass is 9.92. The summed E-state index contributed by atoms with van der Waals surface area (Å²) >= 11 is 0. The molecule has 0 saturated carbocycles. The number of carbonyl (C=O) groups excluding carboxylic acids is 3. The third-order valence-electron chi connectivity index (χ3n) is 4.95.